The fraction of sp³-hybridized carbons (Fsp3) is 0.500. The Bertz CT molecular complexity index is 463. The van der Waals surface area contributed by atoms with Crippen LogP contribution >= 0.6 is 11.6 Å². The van der Waals surface area contributed by atoms with Gasteiger partial charge in [0.05, 0.1) is 25.4 Å². The molecule has 19 heavy (non-hydrogen) atoms. The molecule has 1 aliphatic rings. The second-order valence-corrected chi connectivity index (χ2v) is 4.94. The van der Waals surface area contributed by atoms with Crippen LogP contribution in [0.2, 0.25) is 5.15 Å². The maximum Gasteiger partial charge on any atom is 0.254 e. The Kier molecular flexibility index (Phi) is 4.24. The van der Waals surface area contributed by atoms with E-state index in [2.05, 4.69) is 4.98 Å². The molecular weight excluding hydrogens is 270 g/mol. The first kappa shape index (κ1) is 14.0. The van der Waals surface area contributed by atoms with Gasteiger partial charge in [0, 0.05) is 12.1 Å². The van der Waals surface area contributed by atoms with Crippen LogP contribution in [0.15, 0.2) is 12.1 Å². The van der Waals surface area contributed by atoms with Crippen molar-refractivity contribution >= 4 is 23.3 Å². The average molecular weight is 286 g/mol. The van der Waals surface area contributed by atoms with Crippen LogP contribution in [0.5, 0.6) is 0 Å². The van der Waals surface area contributed by atoms with Gasteiger partial charge in [0.15, 0.2) is 0 Å². The number of aliphatic hydroxyl groups excluding tert-OH is 1. The predicted molar refractivity (Wildman–Crippen MR) is 71.0 cm³/mol. The van der Waals surface area contributed by atoms with Crippen molar-refractivity contribution in [2.24, 2.45) is 0 Å². The number of nitrogens with zero attached hydrogens (tertiary/aromatic N) is 2. The third-order valence-corrected chi connectivity index (χ3v) is 3.22. The van der Waals surface area contributed by atoms with Crippen molar-refractivity contribution in [1.82, 2.24) is 9.88 Å². The third kappa shape index (κ3) is 3.15. The largest absolute Gasteiger partial charge is 0.394 e. The zero-order chi connectivity index (χ0) is 14.0. The molecule has 3 N–H and O–H groups in total. The Morgan fingerprint density at radius 1 is 1.68 bits per heavy atom. The molecule has 2 unspecified atom stereocenters. The number of pyridine rings is 1. The van der Waals surface area contributed by atoms with E-state index in [1.165, 1.54) is 12.1 Å². The van der Waals surface area contributed by atoms with E-state index < -0.39 is 0 Å². The molecule has 2 atom stereocenters. The maximum absolute atomic E-state index is 12.4. The van der Waals surface area contributed by atoms with Crippen LogP contribution in [0, 0.1) is 0 Å². The molecule has 1 saturated heterocycles. The minimum absolute atomic E-state index is 0.0662. The second-order valence-electron chi connectivity index (χ2n) is 4.55. The molecule has 2 rings (SSSR count). The average Bonchev–Trinajstić information content (AvgIpc) is 2.37. The summed E-state index contributed by atoms with van der Waals surface area (Å²) in [6, 6.07) is 2.91. The molecule has 1 aromatic rings. The van der Waals surface area contributed by atoms with Crippen molar-refractivity contribution in [3.05, 3.63) is 22.8 Å². The molecule has 1 fully saturated rings. The van der Waals surface area contributed by atoms with Gasteiger partial charge in [0.25, 0.3) is 5.91 Å². The molecular formula is C12H16ClN3O3. The first-order valence-corrected chi connectivity index (χ1v) is 6.35. The summed E-state index contributed by atoms with van der Waals surface area (Å²) in [6.07, 6.45) is -0.352. The van der Waals surface area contributed by atoms with E-state index in [0.29, 0.717) is 18.7 Å². The summed E-state index contributed by atoms with van der Waals surface area (Å²) in [6.45, 7) is 2.51. The number of halogens is 1. The van der Waals surface area contributed by atoms with Crippen LogP contribution < -0.4 is 5.73 Å². The highest BCUT2D eigenvalue weighted by atomic mass is 35.5. The SMILES string of the molecule is CC1COC(CO)CN1C(=O)c1cc(N)nc(Cl)c1. The van der Waals surface area contributed by atoms with E-state index in [0.717, 1.165) is 0 Å². The highest BCUT2D eigenvalue weighted by molar-refractivity contribution is 6.29. The lowest BCUT2D eigenvalue weighted by atomic mass is 10.1. The van der Waals surface area contributed by atoms with Crippen molar-refractivity contribution in [2.75, 3.05) is 25.5 Å². The summed E-state index contributed by atoms with van der Waals surface area (Å²) in [4.78, 5) is 17.9. The Morgan fingerprint density at radius 2 is 2.42 bits per heavy atom. The summed E-state index contributed by atoms with van der Waals surface area (Å²) in [5, 5.41) is 9.30. The van der Waals surface area contributed by atoms with E-state index in [1.807, 2.05) is 6.92 Å². The lowest BCUT2D eigenvalue weighted by Crippen LogP contribution is -2.52. The second kappa shape index (κ2) is 5.73. The van der Waals surface area contributed by atoms with Crippen LogP contribution in [-0.2, 0) is 4.74 Å². The number of carbonyl (C=O) groups excluding carboxylic acids is 1. The quantitative estimate of drug-likeness (QED) is 0.774. The van der Waals surface area contributed by atoms with E-state index in [-0.39, 0.29) is 35.6 Å². The van der Waals surface area contributed by atoms with Crippen molar-refractivity contribution in [3.63, 3.8) is 0 Å². The lowest BCUT2D eigenvalue weighted by Gasteiger charge is -2.37. The van der Waals surface area contributed by atoms with Gasteiger partial charge in [0.2, 0.25) is 0 Å². The number of amides is 1. The molecule has 0 saturated carbocycles. The third-order valence-electron chi connectivity index (χ3n) is 3.03. The van der Waals surface area contributed by atoms with Crippen molar-refractivity contribution in [3.8, 4) is 0 Å². The van der Waals surface area contributed by atoms with Gasteiger partial charge in [0.1, 0.15) is 11.0 Å². The number of hydrogen-bond acceptors (Lipinski definition) is 5. The number of hydrogen-bond donors (Lipinski definition) is 2. The molecule has 0 bridgehead atoms. The number of anilines is 1. The summed E-state index contributed by atoms with van der Waals surface area (Å²) in [5.41, 5.74) is 5.98. The van der Waals surface area contributed by atoms with Gasteiger partial charge in [-0.15, -0.1) is 0 Å². The lowest BCUT2D eigenvalue weighted by molar-refractivity contribution is -0.0667. The van der Waals surface area contributed by atoms with Gasteiger partial charge in [-0.1, -0.05) is 11.6 Å². The predicted octanol–water partition coefficient (Wildman–Crippen LogP) is 0.539. The van der Waals surface area contributed by atoms with Crippen LogP contribution in [-0.4, -0.2) is 52.8 Å². The van der Waals surface area contributed by atoms with Crippen LogP contribution in [0.25, 0.3) is 0 Å². The Morgan fingerprint density at radius 3 is 3.05 bits per heavy atom. The number of nitrogens with two attached hydrogens (primary N) is 1. The number of morpholine rings is 1. The first-order valence-electron chi connectivity index (χ1n) is 5.97. The maximum atomic E-state index is 12.4. The molecule has 2 heterocycles. The summed E-state index contributed by atoms with van der Waals surface area (Å²) in [5.74, 6) is 0.0146. The van der Waals surface area contributed by atoms with Crippen LogP contribution in [0.4, 0.5) is 5.82 Å². The number of aliphatic hydroxyl groups is 1. The number of rotatable bonds is 2. The van der Waals surface area contributed by atoms with Gasteiger partial charge >= 0.3 is 0 Å². The standard InChI is InChI=1S/C12H16ClN3O3/c1-7-6-19-9(5-17)4-16(7)12(18)8-2-10(13)15-11(14)3-8/h2-3,7,9,17H,4-6H2,1H3,(H2,14,15). The summed E-state index contributed by atoms with van der Waals surface area (Å²) in [7, 11) is 0. The van der Waals surface area contributed by atoms with Crippen molar-refractivity contribution < 1.29 is 14.6 Å². The van der Waals surface area contributed by atoms with Crippen molar-refractivity contribution in [2.45, 2.75) is 19.1 Å². The normalized spacial score (nSPS) is 23.4. The number of ether oxygens (including phenoxy) is 1. The number of nitrogen functional groups attached to an aromatic ring is 1. The zero-order valence-corrected chi connectivity index (χ0v) is 11.3. The first-order chi connectivity index (χ1) is 9.01. The van der Waals surface area contributed by atoms with E-state index in [1.54, 1.807) is 4.90 Å². The van der Waals surface area contributed by atoms with Gasteiger partial charge in [-0.3, -0.25) is 4.79 Å². The van der Waals surface area contributed by atoms with Gasteiger partial charge in [-0.25, -0.2) is 4.98 Å². The molecule has 7 heteroatoms. The Balaban J connectivity index is 2.21. The molecule has 0 aromatic carbocycles. The molecule has 0 aliphatic carbocycles. The topological polar surface area (TPSA) is 88.7 Å². The monoisotopic (exact) mass is 285 g/mol. The van der Waals surface area contributed by atoms with Gasteiger partial charge in [-0.05, 0) is 19.1 Å². The fourth-order valence-corrected chi connectivity index (χ4v) is 2.23. The minimum Gasteiger partial charge on any atom is -0.394 e. The molecule has 6 nitrogen and oxygen atoms in total. The fourth-order valence-electron chi connectivity index (χ4n) is 2.02. The van der Waals surface area contributed by atoms with E-state index >= 15 is 0 Å². The molecule has 0 spiro atoms. The molecule has 1 aliphatic heterocycles. The smallest absolute Gasteiger partial charge is 0.254 e. The molecule has 1 amide bonds. The van der Waals surface area contributed by atoms with Crippen molar-refractivity contribution in [1.29, 1.82) is 0 Å². The Hall–Kier alpha value is -1.37. The van der Waals surface area contributed by atoms with E-state index in [4.69, 9.17) is 27.2 Å². The number of carbonyl (C=O) groups is 1. The summed E-state index contributed by atoms with van der Waals surface area (Å²) < 4.78 is 5.40. The molecule has 1 aromatic heterocycles. The minimum atomic E-state index is -0.352. The summed E-state index contributed by atoms with van der Waals surface area (Å²) >= 11 is 5.80. The van der Waals surface area contributed by atoms with Gasteiger partial charge < -0.3 is 20.5 Å². The van der Waals surface area contributed by atoms with Gasteiger partial charge in [-0.2, -0.15) is 0 Å². The zero-order valence-electron chi connectivity index (χ0n) is 10.5. The highest BCUT2D eigenvalue weighted by Crippen LogP contribution is 2.18. The Labute approximate surface area is 116 Å². The van der Waals surface area contributed by atoms with Crippen LogP contribution in [0.1, 0.15) is 17.3 Å². The highest BCUT2D eigenvalue weighted by Gasteiger charge is 2.30. The number of aromatic nitrogens is 1. The molecule has 104 valence electrons. The molecule has 0 radical (unpaired) electrons. The van der Waals surface area contributed by atoms with E-state index in [9.17, 15) is 4.79 Å². The van der Waals surface area contributed by atoms with Crippen LogP contribution in [0.3, 0.4) is 0 Å².